The quantitative estimate of drug-likeness (QED) is 0.526. The molecule has 2 aromatic carbocycles. The highest BCUT2D eigenvalue weighted by Crippen LogP contribution is 2.42. The zero-order chi connectivity index (χ0) is 22.9. The highest BCUT2D eigenvalue weighted by atomic mass is 32.2. The van der Waals surface area contributed by atoms with Crippen LogP contribution < -0.4 is 19.5 Å². The van der Waals surface area contributed by atoms with Gasteiger partial charge >= 0.3 is 0 Å². The monoisotopic (exact) mass is 474 g/mol. The number of amides is 1. The van der Waals surface area contributed by atoms with E-state index in [-0.39, 0.29) is 9.47 Å². The van der Waals surface area contributed by atoms with Gasteiger partial charge in [0.1, 0.15) is 17.1 Å². The topological polar surface area (TPSA) is 120 Å². The predicted molar refractivity (Wildman–Crippen MR) is 120 cm³/mol. The Morgan fingerprint density at radius 3 is 2.66 bits per heavy atom. The van der Waals surface area contributed by atoms with E-state index < -0.39 is 27.6 Å². The molecule has 9 nitrogen and oxygen atoms in total. The third-order valence-corrected chi connectivity index (χ3v) is 7.55. The number of nitrogens with one attached hydrogen (secondary N) is 2. The lowest BCUT2D eigenvalue weighted by atomic mass is 9.90. The predicted octanol–water partition coefficient (Wildman–Crippen LogP) is 3.38. The number of hydrogen-bond donors (Lipinski definition) is 2. The number of carbonyl (C=O) groups excluding carboxylic acids is 1. The molecule has 2 N–H and O–H groups in total. The van der Waals surface area contributed by atoms with Gasteiger partial charge in [-0.3, -0.25) is 10.1 Å². The Morgan fingerprint density at radius 2 is 1.94 bits per heavy atom. The van der Waals surface area contributed by atoms with Crippen molar-refractivity contribution in [3.8, 4) is 11.5 Å². The molecule has 1 aliphatic heterocycles. The maximum absolute atomic E-state index is 13.0. The molecule has 0 saturated carbocycles. The lowest BCUT2D eigenvalue weighted by Gasteiger charge is -2.37. The first-order valence-corrected chi connectivity index (χ1v) is 12.1. The second-order valence-corrected chi connectivity index (χ2v) is 10.7. The van der Waals surface area contributed by atoms with Gasteiger partial charge in [-0.05, 0) is 32.0 Å². The van der Waals surface area contributed by atoms with Crippen LogP contribution in [0.3, 0.4) is 0 Å². The standard InChI is InChI=1S/C21H22N4O5S2/c1-21(2)12-16(15-10-9-14(29-3)11-17(15)30-21)25-32(27,28)20-24-23-19(31-20)22-18(26)13-7-5-4-6-8-13/h4-11,16,25H,12H2,1-3H3,(H,22,23,26). The second-order valence-electron chi connectivity index (χ2n) is 7.84. The van der Waals surface area contributed by atoms with Crippen molar-refractivity contribution >= 4 is 32.4 Å². The minimum absolute atomic E-state index is 0.0941. The Labute approximate surface area is 189 Å². The van der Waals surface area contributed by atoms with Crippen molar-refractivity contribution in [3.05, 3.63) is 59.7 Å². The van der Waals surface area contributed by atoms with Gasteiger partial charge in [0.15, 0.2) is 0 Å². The summed E-state index contributed by atoms with van der Waals surface area (Å²) < 4.78 is 39.8. The largest absolute Gasteiger partial charge is 0.497 e. The molecule has 2 heterocycles. The summed E-state index contributed by atoms with van der Waals surface area (Å²) in [7, 11) is -2.44. The summed E-state index contributed by atoms with van der Waals surface area (Å²) in [4.78, 5) is 12.3. The minimum Gasteiger partial charge on any atom is -0.497 e. The minimum atomic E-state index is -3.99. The van der Waals surface area contributed by atoms with Gasteiger partial charge in [0.05, 0.1) is 13.2 Å². The molecule has 3 aromatic rings. The number of sulfonamides is 1. The Morgan fingerprint density at radius 1 is 1.19 bits per heavy atom. The number of aromatic nitrogens is 2. The van der Waals surface area contributed by atoms with E-state index in [0.717, 1.165) is 11.3 Å². The van der Waals surface area contributed by atoms with Crippen molar-refractivity contribution in [1.29, 1.82) is 0 Å². The first-order valence-electron chi connectivity index (χ1n) is 9.76. The maximum atomic E-state index is 13.0. The fourth-order valence-corrected chi connectivity index (χ4v) is 5.56. The number of hydrogen-bond acceptors (Lipinski definition) is 8. The summed E-state index contributed by atoms with van der Waals surface area (Å²) in [5.41, 5.74) is 0.542. The molecule has 32 heavy (non-hydrogen) atoms. The lowest BCUT2D eigenvalue weighted by Crippen LogP contribution is -2.41. The van der Waals surface area contributed by atoms with Crippen LogP contribution in [0.4, 0.5) is 5.13 Å². The fraction of sp³-hybridized carbons (Fsp3) is 0.286. The van der Waals surface area contributed by atoms with Crippen LogP contribution in [0, 0.1) is 0 Å². The van der Waals surface area contributed by atoms with Crippen LogP contribution in [0.2, 0.25) is 0 Å². The van der Waals surface area contributed by atoms with Crippen molar-refractivity contribution < 1.29 is 22.7 Å². The molecule has 1 unspecified atom stereocenters. The number of carbonyl (C=O) groups is 1. The van der Waals surface area contributed by atoms with Crippen molar-refractivity contribution in [2.45, 2.75) is 36.3 Å². The maximum Gasteiger partial charge on any atom is 0.270 e. The molecule has 1 aromatic heterocycles. The molecule has 168 valence electrons. The summed E-state index contributed by atoms with van der Waals surface area (Å²) in [6.07, 6.45) is 0.419. The Hall–Kier alpha value is -3.02. The Kier molecular flexibility index (Phi) is 5.89. The second kappa shape index (κ2) is 8.49. The summed E-state index contributed by atoms with van der Waals surface area (Å²) >= 11 is 0.783. The molecular weight excluding hydrogens is 452 g/mol. The van der Waals surface area contributed by atoms with E-state index in [1.807, 2.05) is 13.8 Å². The smallest absolute Gasteiger partial charge is 0.270 e. The van der Waals surface area contributed by atoms with E-state index in [1.165, 1.54) is 0 Å². The van der Waals surface area contributed by atoms with Crippen LogP contribution in [-0.2, 0) is 10.0 Å². The van der Waals surface area contributed by atoms with Gasteiger partial charge in [-0.2, -0.15) is 0 Å². The third kappa shape index (κ3) is 4.74. The highest BCUT2D eigenvalue weighted by Gasteiger charge is 2.37. The van der Waals surface area contributed by atoms with Crippen LogP contribution >= 0.6 is 11.3 Å². The van der Waals surface area contributed by atoms with E-state index in [1.54, 1.807) is 55.6 Å². The van der Waals surface area contributed by atoms with Crippen LogP contribution in [0.1, 0.15) is 42.2 Å². The first kappa shape index (κ1) is 22.2. The normalized spacial score (nSPS) is 17.2. The molecule has 0 saturated heterocycles. The van der Waals surface area contributed by atoms with Crippen molar-refractivity contribution in [2.75, 3.05) is 12.4 Å². The Balaban J connectivity index is 1.54. The summed E-state index contributed by atoms with van der Waals surface area (Å²) in [6.45, 7) is 3.78. The van der Waals surface area contributed by atoms with E-state index in [2.05, 4.69) is 20.2 Å². The van der Waals surface area contributed by atoms with Gasteiger partial charge in [-0.15, -0.1) is 10.2 Å². The van der Waals surface area contributed by atoms with E-state index in [9.17, 15) is 13.2 Å². The molecule has 0 radical (unpaired) electrons. The number of benzene rings is 2. The van der Waals surface area contributed by atoms with Crippen LogP contribution in [0.5, 0.6) is 11.5 Å². The van der Waals surface area contributed by atoms with Crippen molar-refractivity contribution in [1.82, 2.24) is 14.9 Å². The third-order valence-electron chi connectivity index (χ3n) is 4.87. The van der Waals surface area contributed by atoms with Crippen molar-refractivity contribution in [3.63, 3.8) is 0 Å². The van der Waals surface area contributed by atoms with Gasteiger partial charge < -0.3 is 9.47 Å². The molecule has 0 bridgehead atoms. The molecule has 4 rings (SSSR count). The zero-order valence-electron chi connectivity index (χ0n) is 17.7. The van der Waals surface area contributed by atoms with Gasteiger partial charge in [0.2, 0.25) is 9.47 Å². The highest BCUT2D eigenvalue weighted by molar-refractivity contribution is 7.91. The molecule has 0 fully saturated rings. The lowest BCUT2D eigenvalue weighted by molar-refractivity contribution is 0.0698. The number of nitrogens with zero attached hydrogens (tertiary/aromatic N) is 2. The molecule has 1 aliphatic rings. The van der Waals surface area contributed by atoms with Crippen LogP contribution in [-0.4, -0.2) is 37.2 Å². The van der Waals surface area contributed by atoms with E-state index in [0.29, 0.717) is 29.0 Å². The van der Waals surface area contributed by atoms with Crippen molar-refractivity contribution in [2.24, 2.45) is 0 Å². The van der Waals surface area contributed by atoms with E-state index in [4.69, 9.17) is 9.47 Å². The van der Waals surface area contributed by atoms with Gasteiger partial charge in [0, 0.05) is 23.6 Å². The number of anilines is 1. The number of fused-ring (bicyclic) bond motifs is 1. The zero-order valence-corrected chi connectivity index (χ0v) is 19.3. The molecule has 1 amide bonds. The summed E-state index contributed by atoms with van der Waals surface area (Å²) in [5, 5.41) is 10.3. The van der Waals surface area contributed by atoms with Gasteiger partial charge in [-0.25, -0.2) is 13.1 Å². The number of methoxy groups -OCH3 is 1. The SMILES string of the molecule is COc1ccc2c(c1)OC(C)(C)CC2NS(=O)(=O)c1nnc(NC(=O)c2ccccc2)s1. The van der Waals surface area contributed by atoms with Gasteiger partial charge in [0.25, 0.3) is 15.9 Å². The first-order chi connectivity index (χ1) is 15.2. The number of rotatable bonds is 6. The fourth-order valence-electron chi connectivity index (χ4n) is 3.43. The number of ether oxygens (including phenoxy) is 2. The Bertz CT molecular complexity index is 1240. The summed E-state index contributed by atoms with van der Waals surface area (Å²) in [6, 6.07) is 13.3. The molecular formula is C21H22N4O5S2. The van der Waals surface area contributed by atoms with Crippen LogP contribution in [0.15, 0.2) is 52.9 Å². The molecule has 0 aliphatic carbocycles. The van der Waals surface area contributed by atoms with Gasteiger partial charge in [-0.1, -0.05) is 35.6 Å². The van der Waals surface area contributed by atoms with E-state index >= 15 is 0 Å². The van der Waals surface area contributed by atoms with Crippen LogP contribution in [0.25, 0.3) is 0 Å². The average Bonchev–Trinajstić information content (AvgIpc) is 3.22. The summed E-state index contributed by atoms with van der Waals surface area (Å²) in [5.74, 6) is 0.778. The molecule has 0 spiro atoms. The average molecular weight is 475 g/mol. The molecule has 11 heteroatoms. The molecule has 1 atom stereocenters.